The van der Waals surface area contributed by atoms with Crippen molar-refractivity contribution in [3.8, 4) is 0 Å². The molecule has 1 aromatic heterocycles. The van der Waals surface area contributed by atoms with Crippen LogP contribution in [-0.4, -0.2) is 40.2 Å². The van der Waals surface area contributed by atoms with E-state index in [0.29, 0.717) is 5.56 Å². The largest absolute Gasteiger partial charge is 0.390 e. The molecule has 0 amide bonds. The highest BCUT2D eigenvalue weighted by molar-refractivity contribution is 7.65. The molecule has 1 aliphatic heterocycles. The summed E-state index contributed by atoms with van der Waals surface area (Å²) in [6.07, 6.45) is 1.12. The first-order valence-corrected chi connectivity index (χ1v) is 9.24. The zero-order valence-corrected chi connectivity index (χ0v) is 13.0. The number of aliphatic hydroxyl groups excluding tert-OH is 1. The Hall–Kier alpha value is -1.43. The molecule has 0 radical (unpaired) electrons. The van der Waals surface area contributed by atoms with Crippen LogP contribution in [0.2, 0.25) is 0 Å². The molecular weight excluding hydrogens is 295 g/mol. The van der Waals surface area contributed by atoms with E-state index in [1.165, 1.54) is 16.6 Å². The molecule has 1 aromatic rings. The molecule has 0 saturated carbocycles. The van der Waals surface area contributed by atoms with Crippen LogP contribution >= 0.6 is 7.14 Å². The molecular formula is C13H19N2O5P. The molecule has 116 valence electrons. The highest BCUT2D eigenvalue weighted by Crippen LogP contribution is 2.39. The summed E-state index contributed by atoms with van der Waals surface area (Å²) in [5, 5.41) is 9.98. The van der Waals surface area contributed by atoms with E-state index < -0.39 is 36.8 Å². The molecule has 3 atom stereocenters. The summed E-state index contributed by atoms with van der Waals surface area (Å²) in [5.74, 6) is 1.53. The fraction of sp³-hybridized carbons (Fsp3) is 0.538. The van der Waals surface area contributed by atoms with Gasteiger partial charge in [-0.25, -0.2) is 4.79 Å². The normalized spacial score (nSPS) is 26.6. The zero-order valence-electron chi connectivity index (χ0n) is 12.1. The summed E-state index contributed by atoms with van der Waals surface area (Å²) < 4.78 is 18.5. The predicted molar refractivity (Wildman–Crippen MR) is 79.2 cm³/mol. The van der Waals surface area contributed by atoms with E-state index >= 15 is 0 Å². The third-order valence-electron chi connectivity index (χ3n) is 3.23. The first-order valence-electron chi connectivity index (χ1n) is 6.57. The van der Waals surface area contributed by atoms with E-state index in [4.69, 9.17) is 4.74 Å². The van der Waals surface area contributed by atoms with Gasteiger partial charge < -0.3 is 14.4 Å². The molecule has 0 unspecified atom stereocenters. The fourth-order valence-electron chi connectivity index (χ4n) is 2.11. The summed E-state index contributed by atoms with van der Waals surface area (Å²) in [6.45, 7) is 4.80. The van der Waals surface area contributed by atoms with Crippen molar-refractivity contribution in [2.24, 2.45) is 0 Å². The summed E-state index contributed by atoms with van der Waals surface area (Å²) in [7, 11) is -2.35. The summed E-state index contributed by atoms with van der Waals surface area (Å²) in [6, 6.07) is 0. The van der Waals surface area contributed by atoms with Crippen molar-refractivity contribution in [3.05, 3.63) is 44.5 Å². The molecule has 2 N–H and O–H groups in total. The maximum atomic E-state index is 11.8. The number of H-pyrrole nitrogens is 1. The lowest BCUT2D eigenvalue weighted by molar-refractivity contribution is 0.00480. The molecule has 7 nitrogen and oxygen atoms in total. The number of rotatable bonds is 3. The van der Waals surface area contributed by atoms with Crippen molar-refractivity contribution < 1.29 is 14.4 Å². The van der Waals surface area contributed by atoms with Gasteiger partial charge in [-0.05, 0) is 32.1 Å². The number of hydrogen-bond donors (Lipinski definition) is 2. The van der Waals surface area contributed by atoms with E-state index in [1.54, 1.807) is 26.3 Å². The minimum Gasteiger partial charge on any atom is -0.390 e. The molecule has 1 saturated heterocycles. The van der Waals surface area contributed by atoms with E-state index in [2.05, 4.69) is 4.98 Å². The third-order valence-corrected chi connectivity index (χ3v) is 4.12. The maximum Gasteiger partial charge on any atom is 0.330 e. The van der Waals surface area contributed by atoms with Crippen molar-refractivity contribution in [1.82, 2.24) is 9.55 Å². The maximum absolute atomic E-state index is 11.8. The van der Waals surface area contributed by atoms with Crippen LogP contribution in [0.5, 0.6) is 0 Å². The number of aliphatic hydroxyl groups is 1. The standard InChI is InChI=1S/C13H19N2O5P/c1-8-7-15(13(18)14-12(8)17)11-6-9(16)10(20-11)4-5-21(2,3)19/h4-5,7,9-11,16H,6H2,1-3H3,(H,14,17,18)/b5-4+/t9-,10-,11-/m1/s1. The topological polar surface area (TPSA) is 101 Å². The van der Waals surface area contributed by atoms with Crippen molar-refractivity contribution >= 4 is 7.14 Å². The third kappa shape index (κ3) is 3.81. The van der Waals surface area contributed by atoms with Gasteiger partial charge in [-0.3, -0.25) is 14.3 Å². The molecule has 8 heteroatoms. The number of aromatic nitrogens is 2. The average Bonchev–Trinajstić information content (AvgIpc) is 2.72. The number of aromatic amines is 1. The van der Waals surface area contributed by atoms with Crippen molar-refractivity contribution in [3.63, 3.8) is 0 Å². The Balaban J connectivity index is 2.24. The Morgan fingerprint density at radius 2 is 2.14 bits per heavy atom. The van der Waals surface area contributed by atoms with Gasteiger partial charge in [0.1, 0.15) is 19.5 Å². The molecule has 1 fully saturated rings. The van der Waals surface area contributed by atoms with Gasteiger partial charge >= 0.3 is 5.69 Å². The fourth-order valence-corrected chi connectivity index (χ4v) is 2.70. The Labute approximate surface area is 121 Å². The van der Waals surface area contributed by atoms with Crippen LogP contribution < -0.4 is 11.2 Å². The van der Waals surface area contributed by atoms with E-state index in [-0.39, 0.29) is 6.42 Å². The lowest BCUT2D eigenvalue weighted by atomic mass is 10.2. The second kappa shape index (κ2) is 5.75. The van der Waals surface area contributed by atoms with Crippen molar-refractivity contribution in [1.29, 1.82) is 0 Å². The molecule has 0 spiro atoms. The van der Waals surface area contributed by atoms with Crippen LogP contribution in [0.3, 0.4) is 0 Å². The van der Waals surface area contributed by atoms with E-state index in [1.807, 2.05) is 0 Å². The van der Waals surface area contributed by atoms with E-state index in [0.717, 1.165) is 0 Å². The van der Waals surface area contributed by atoms with Crippen LogP contribution in [0.4, 0.5) is 0 Å². The van der Waals surface area contributed by atoms with E-state index in [9.17, 15) is 19.3 Å². The molecule has 2 rings (SSSR count). The molecule has 0 aliphatic carbocycles. The molecule has 1 aliphatic rings. The van der Waals surface area contributed by atoms with Gasteiger partial charge in [0, 0.05) is 18.2 Å². The molecule has 2 heterocycles. The minimum atomic E-state index is -2.35. The van der Waals surface area contributed by atoms with Gasteiger partial charge in [0.25, 0.3) is 5.56 Å². The summed E-state index contributed by atoms with van der Waals surface area (Å²) >= 11 is 0. The smallest absolute Gasteiger partial charge is 0.330 e. The summed E-state index contributed by atoms with van der Waals surface area (Å²) in [5.41, 5.74) is -0.633. The molecule has 0 aromatic carbocycles. The average molecular weight is 314 g/mol. The lowest BCUT2D eigenvalue weighted by Gasteiger charge is -2.14. The number of ether oxygens (including phenoxy) is 1. The molecule has 0 bridgehead atoms. The highest BCUT2D eigenvalue weighted by atomic mass is 31.2. The first-order chi connectivity index (χ1) is 9.67. The number of aryl methyl sites for hydroxylation is 1. The van der Waals surface area contributed by atoms with Crippen LogP contribution in [0.15, 0.2) is 27.7 Å². The van der Waals surface area contributed by atoms with Crippen LogP contribution in [0.25, 0.3) is 0 Å². The monoisotopic (exact) mass is 314 g/mol. The number of nitrogens with zero attached hydrogens (tertiary/aromatic N) is 1. The van der Waals surface area contributed by atoms with Crippen molar-refractivity contribution in [2.75, 3.05) is 13.3 Å². The predicted octanol–water partition coefficient (Wildman–Crippen LogP) is 0.630. The Morgan fingerprint density at radius 3 is 2.76 bits per heavy atom. The van der Waals surface area contributed by atoms with Gasteiger partial charge in [0.2, 0.25) is 0 Å². The van der Waals surface area contributed by atoms with Gasteiger partial charge in [0.15, 0.2) is 0 Å². The Morgan fingerprint density at radius 1 is 1.48 bits per heavy atom. The lowest BCUT2D eigenvalue weighted by Crippen LogP contribution is -2.33. The quantitative estimate of drug-likeness (QED) is 0.797. The summed E-state index contributed by atoms with van der Waals surface area (Å²) in [4.78, 5) is 25.3. The van der Waals surface area contributed by atoms with Gasteiger partial charge in [-0.15, -0.1) is 0 Å². The zero-order chi connectivity index (χ0) is 15.8. The van der Waals surface area contributed by atoms with Gasteiger partial charge in [-0.2, -0.15) is 0 Å². The van der Waals surface area contributed by atoms with Gasteiger partial charge in [-0.1, -0.05) is 0 Å². The number of nitrogens with one attached hydrogen (secondary N) is 1. The minimum absolute atomic E-state index is 0.220. The van der Waals surface area contributed by atoms with Crippen LogP contribution in [-0.2, 0) is 9.30 Å². The van der Waals surface area contributed by atoms with Gasteiger partial charge in [0.05, 0.1) is 6.10 Å². The second-order valence-electron chi connectivity index (χ2n) is 5.61. The SMILES string of the molecule is Cc1cn([C@H]2C[C@@H](O)[C@@H](/C=C/P(C)(C)=O)O2)c(=O)[nH]c1=O. The van der Waals surface area contributed by atoms with Crippen LogP contribution in [0, 0.1) is 6.92 Å². The Kier molecular flexibility index (Phi) is 4.37. The Bertz CT molecular complexity index is 714. The number of hydrogen-bond acceptors (Lipinski definition) is 5. The molecule has 21 heavy (non-hydrogen) atoms. The van der Waals surface area contributed by atoms with Crippen molar-refractivity contribution in [2.45, 2.75) is 31.8 Å². The highest BCUT2D eigenvalue weighted by Gasteiger charge is 2.34. The van der Waals surface area contributed by atoms with Crippen LogP contribution in [0.1, 0.15) is 18.2 Å². The first kappa shape index (κ1) is 15.9. The second-order valence-corrected chi connectivity index (χ2v) is 8.78.